The SMILES string of the molecule is CCC(CN)C(=O)NCC(C)(C)CO. The van der Waals surface area contributed by atoms with Gasteiger partial charge in [0.2, 0.25) is 5.91 Å². The molecule has 0 aromatic rings. The molecule has 0 aliphatic heterocycles. The van der Waals surface area contributed by atoms with Crippen LogP contribution in [0.4, 0.5) is 0 Å². The standard InChI is InChI=1S/C10H22N2O2/c1-4-8(5-11)9(14)12-6-10(2,3)7-13/h8,13H,4-7,11H2,1-3H3,(H,12,14). The second-order valence-electron chi connectivity index (χ2n) is 4.38. The van der Waals surface area contributed by atoms with E-state index in [1.165, 1.54) is 0 Å². The number of aliphatic hydroxyl groups is 1. The summed E-state index contributed by atoms with van der Waals surface area (Å²) in [6.07, 6.45) is 0.752. The van der Waals surface area contributed by atoms with Crippen LogP contribution in [0.3, 0.4) is 0 Å². The highest BCUT2D eigenvalue weighted by molar-refractivity contribution is 5.78. The summed E-state index contributed by atoms with van der Waals surface area (Å²) in [7, 11) is 0. The van der Waals surface area contributed by atoms with Gasteiger partial charge in [0.05, 0.1) is 0 Å². The highest BCUT2D eigenvalue weighted by Gasteiger charge is 2.20. The molecular weight excluding hydrogens is 180 g/mol. The maximum Gasteiger partial charge on any atom is 0.224 e. The van der Waals surface area contributed by atoms with Crippen molar-refractivity contribution in [3.63, 3.8) is 0 Å². The molecule has 0 aliphatic carbocycles. The topological polar surface area (TPSA) is 75.4 Å². The third-order valence-corrected chi connectivity index (χ3v) is 2.32. The molecule has 4 N–H and O–H groups in total. The number of carbonyl (C=O) groups excluding carboxylic acids is 1. The van der Waals surface area contributed by atoms with E-state index in [2.05, 4.69) is 5.32 Å². The largest absolute Gasteiger partial charge is 0.396 e. The molecule has 84 valence electrons. The minimum atomic E-state index is -0.261. The molecule has 1 atom stereocenters. The fourth-order valence-corrected chi connectivity index (χ4v) is 0.986. The van der Waals surface area contributed by atoms with Gasteiger partial charge in [-0.2, -0.15) is 0 Å². The summed E-state index contributed by atoms with van der Waals surface area (Å²) >= 11 is 0. The molecule has 1 amide bonds. The maximum atomic E-state index is 11.5. The molecule has 0 saturated carbocycles. The van der Waals surface area contributed by atoms with Crippen LogP contribution in [0, 0.1) is 11.3 Å². The molecule has 1 unspecified atom stereocenters. The Labute approximate surface area is 85.9 Å². The van der Waals surface area contributed by atoms with Gasteiger partial charge in [-0.15, -0.1) is 0 Å². The first-order valence-electron chi connectivity index (χ1n) is 5.05. The minimum Gasteiger partial charge on any atom is -0.396 e. The van der Waals surface area contributed by atoms with Crippen molar-refractivity contribution < 1.29 is 9.90 Å². The van der Waals surface area contributed by atoms with E-state index in [1.807, 2.05) is 20.8 Å². The van der Waals surface area contributed by atoms with E-state index in [0.717, 1.165) is 6.42 Å². The Balaban J connectivity index is 3.95. The monoisotopic (exact) mass is 202 g/mol. The Morgan fingerprint density at radius 2 is 2.14 bits per heavy atom. The normalized spacial score (nSPS) is 13.8. The van der Waals surface area contributed by atoms with E-state index in [0.29, 0.717) is 13.1 Å². The molecule has 4 nitrogen and oxygen atoms in total. The van der Waals surface area contributed by atoms with Crippen molar-refractivity contribution in [1.29, 1.82) is 0 Å². The lowest BCUT2D eigenvalue weighted by atomic mass is 9.94. The van der Waals surface area contributed by atoms with Gasteiger partial charge in [-0.3, -0.25) is 4.79 Å². The summed E-state index contributed by atoms with van der Waals surface area (Å²) in [4.78, 5) is 11.5. The maximum absolute atomic E-state index is 11.5. The minimum absolute atomic E-state index is 0.0171. The molecule has 0 spiro atoms. The number of nitrogens with two attached hydrogens (primary N) is 1. The molecule has 4 heteroatoms. The highest BCUT2D eigenvalue weighted by Crippen LogP contribution is 2.11. The van der Waals surface area contributed by atoms with Gasteiger partial charge in [0.15, 0.2) is 0 Å². The average Bonchev–Trinajstić information content (AvgIpc) is 2.17. The van der Waals surface area contributed by atoms with Gasteiger partial charge in [-0.25, -0.2) is 0 Å². The van der Waals surface area contributed by atoms with E-state index in [4.69, 9.17) is 10.8 Å². The number of aliphatic hydroxyl groups excluding tert-OH is 1. The Morgan fingerprint density at radius 3 is 2.50 bits per heavy atom. The van der Waals surface area contributed by atoms with Gasteiger partial charge in [0.1, 0.15) is 0 Å². The number of carbonyl (C=O) groups is 1. The fourth-order valence-electron chi connectivity index (χ4n) is 0.986. The van der Waals surface area contributed by atoms with E-state index in [9.17, 15) is 4.79 Å². The van der Waals surface area contributed by atoms with Crippen LogP contribution in [0.2, 0.25) is 0 Å². The van der Waals surface area contributed by atoms with Crippen LogP contribution in [0.25, 0.3) is 0 Å². The number of hydrogen-bond acceptors (Lipinski definition) is 3. The lowest BCUT2D eigenvalue weighted by molar-refractivity contribution is -0.125. The summed E-state index contributed by atoms with van der Waals surface area (Å²) in [6, 6.07) is 0. The van der Waals surface area contributed by atoms with Crippen LogP contribution in [-0.2, 0) is 4.79 Å². The van der Waals surface area contributed by atoms with Crippen LogP contribution < -0.4 is 11.1 Å². The zero-order valence-electron chi connectivity index (χ0n) is 9.34. The van der Waals surface area contributed by atoms with Crippen LogP contribution in [-0.4, -0.2) is 30.7 Å². The van der Waals surface area contributed by atoms with Gasteiger partial charge < -0.3 is 16.2 Å². The third kappa shape index (κ3) is 4.58. The quantitative estimate of drug-likeness (QED) is 0.572. The first-order chi connectivity index (χ1) is 6.46. The van der Waals surface area contributed by atoms with E-state index < -0.39 is 0 Å². The Morgan fingerprint density at radius 1 is 1.57 bits per heavy atom. The molecule has 0 aromatic carbocycles. The Kier molecular flexibility index (Phi) is 5.72. The van der Waals surface area contributed by atoms with Gasteiger partial charge in [0, 0.05) is 31.0 Å². The van der Waals surface area contributed by atoms with E-state index in [1.54, 1.807) is 0 Å². The predicted molar refractivity (Wildman–Crippen MR) is 56.7 cm³/mol. The van der Waals surface area contributed by atoms with Crippen LogP contribution in [0.15, 0.2) is 0 Å². The Bertz CT molecular complexity index is 177. The Hall–Kier alpha value is -0.610. The highest BCUT2D eigenvalue weighted by atomic mass is 16.3. The van der Waals surface area contributed by atoms with Crippen molar-refractivity contribution in [3.05, 3.63) is 0 Å². The molecule has 0 fully saturated rings. The van der Waals surface area contributed by atoms with Gasteiger partial charge in [-0.05, 0) is 6.42 Å². The van der Waals surface area contributed by atoms with Crippen molar-refractivity contribution in [2.24, 2.45) is 17.1 Å². The number of rotatable bonds is 6. The van der Waals surface area contributed by atoms with Crippen molar-refractivity contribution in [2.75, 3.05) is 19.7 Å². The second-order valence-corrected chi connectivity index (χ2v) is 4.38. The molecule has 0 bridgehead atoms. The zero-order chi connectivity index (χ0) is 11.2. The molecular formula is C10H22N2O2. The molecule has 14 heavy (non-hydrogen) atoms. The van der Waals surface area contributed by atoms with Crippen molar-refractivity contribution >= 4 is 5.91 Å². The zero-order valence-corrected chi connectivity index (χ0v) is 9.34. The smallest absolute Gasteiger partial charge is 0.224 e. The van der Waals surface area contributed by atoms with Crippen LogP contribution in [0.1, 0.15) is 27.2 Å². The summed E-state index contributed by atoms with van der Waals surface area (Å²) in [5.41, 5.74) is 5.18. The summed E-state index contributed by atoms with van der Waals surface area (Å²) in [6.45, 7) is 6.66. The van der Waals surface area contributed by atoms with E-state index in [-0.39, 0.29) is 23.8 Å². The first-order valence-corrected chi connectivity index (χ1v) is 5.05. The second kappa shape index (κ2) is 5.98. The molecule has 0 aliphatic rings. The van der Waals surface area contributed by atoms with Gasteiger partial charge in [0.25, 0.3) is 0 Å². The van der Waals surface area contributed by atoms with Crippen molar-refractivity contribution in [1.82, 2.24) is 5.32 Å². The van der Waals surface area contributed by atoms with Crippen molar-refractivity contribution in [3.8, 4) is 0 Å². The third-order valence-electron chi connectivity index (χ3n) is 2.32. The van der Waals surface area contributed by atoms with Crippen molar-refractivity contribution in [2.45, 2.75) is 27.2 Å². The number of hydrogen-bond donors (Lipinski definition) is 3. The first kappa shape index (κ1) is 13.4. The molecule has 0 radical (unpaired) electrons. The summed E-state index contributed by atoms with van der Waals surface area (Å²) in [5.74, 6) is -0.124. The molecule has 0 saturated heterocycles. The molecule has 0 heterocycles. The van der Waals surface area contributed by atoms with Gasteiger partial charge >= 0.3 is 0 Å². The molecule has 0 rings (SSSR count). The molecule has 0 aromatic heterocycles. The predicted octanol–water partition coefficient (Wildman–Crippen LogP) is 0.106. The lowest BCUT2D eigenvalue weighted by Crippen LogP contribution is -2.41. The average molecular weight is 202 g/mol. The fraction of sp³-hybridized carbons (Fsp3) is 0.900. The van der Waals surface area contributed by atoms with Crippen LogP contribution >= 0.6 is 0 Å². The van der Waals surface area contributed by atoms with Crippen LogP contribution in [0.5, 0.6) is 0 Å². The number of amides is 1. The summed E-state index contributed by atoms with van der Waals surface area (Å²) in [5, 5.41) is 11.8. The summed E-state index contributed by atoms with van der Waals surface area (Å²) < 4.78 is 0. The van der Waals surface area contributed by atoms with Gasteiger partial charge in [-0.1, -0.05) is 20.8 Å². The lowest BCUT2D eigenvalue weighted by Gasteiger charge is -2.23. The van der Waals surface area contributed by atoms with E-state index >= 15 is 0 Å². The number of nitrogens with one attached hydrogen (secondary N) is 1.